The van der Waals surface area contributed by atoms with Gasteiger partial charge in [-0.3, -0.25) is 19.8 Å². The van der Waals surface area contributed by atoms with Crippen LogP contribution in [0.1, 0.15) is 98.2 Å². The molecule has 0 radical (unpaired) electrons. The number of epoxide rings is 1. The molecule has 0 aromatic carbocycles. The minimum absolute atomic E-state index is 0.0915. The summed E-state index contributed by atoms with van der Waals surface area (Å²) in [6.45, 7) is 15.9. The van der Waals surface area contributed by atoms with Gasteiger partial charge in [-0.2, -0.15) is 0 Å². The number of aliphatic hydroxyl groups excluding tert-OH is 2. The molecule has 6 atom stereocenters. The van der Waals surface area contributed by atoms with Crippen LogP contribution in [0, 0.1) is 24.2 Å². The van der Waals surface area contributed by atoms with E-state index in [2.05, 4.69) is 17.3 Å². The number of aromatic nitrogens is 1. The number of hydrazine groups is 1. The molecular formula is C30H49N3O6S. The Kier molecular flexibility index (Phi) is 12.1. The van der Waals surface area contributed by atoms with Gasteiger partial charge in [0.05, 0.1) is 41.2 Å². The van der Waals surface area contributed by atoms with E-state index < -0.39 is 23.5 Å². The Morgan fingerprint density at radius 2 is 1.95 bits per heavy atom. The van der Waals surface area contributed by atoms with E-state index in [-0.39, 0.29) is 48.2 Å². The third kappa shape index (κ3) is 8.93. The molecule has 1 aromatic heterocycles. The van der Waals surface area contributed by atoms with Gasteiger partial charge in [0.15, 0.2) is 0 Å². The van der Waals surface area contributed by atoms with Crippen molar-refractivity contribution in [2.24, 2.45) is 17.3 Å². The number of nitrogens with one attached hydrogen (secondary N) is 1. The lowest BCUT2D eigenvalue weighted by Gasteiger charge is -2.32. The van der Waals surface area contributed by atoms with E-state index in [0.29, 0.717) is 6.42 Å². The van der Waals surface area contributed by atoms with Gasteiger partial charge in [-0.1, -0.05) is 41.0 Å². The van der Waals surface area contributed by atoms with Crippen molar-refractivity contribution in [2.75, 3.05) is 6.61 Å². The average molecular weight is 580 g/mol. The molecule has 0 spiro atoms. The third-order valence-electron chi connectivity index (χ3n) is 8.08. The number of aryl methyl sites for hydroxylation is 1. The standard InChI is InChI=1S/C30H49N3O6S/c1-10-26(36)33(32-21(5)35)24(19(3)14-23-16-40-22(6)31-23)15-25-30(9,39-25)13-11-12-18(2)27(37)20(4)28(38)29(7,8)17-34/h14,16,18,20,24-25,27,34,37H,10-13,15,17H2,1-9H3,(H,32,35)/b19-14+/t18-,20+,24-,25-,27-,30+/m0/s1. The highest BCUT2D eigenvalue weighted by atomic mass is 32.1. The molecule has 0 unspecified atom stereocenters. The monoisotopic (exact) mass is 579 g/mol. The maximum absolute atomic E-state index is 12.9. The van der Waals surface area contributed by atoms with E-state index in [1.54, 1.807) is 39.0 Å². The SMILES string of the molecule is CCC(=O)N(NC(C)=O)[C@@H](C[C@@H]1O[C@]1(C)CCC[C@H](C)[C@H](O)[C@@H](C)C(=O)C(C)(C)CO)/C(C)=C/c1csc(C)n1. The number of amides is 2. The molecule has 0 saturated carbocycles. The molecule has 226 valence electrons. The molecule has 3 N–H and O–H groups in total. The van der Waals surface area contributed by atoms with Gasteiger partial charge in [0, 0.05) is 36.5 Å². The summed E-state index contributed by atoms with van der Waals surface area (Å²) in [5.74, 6) is -1.29. The van der Waals surface area contributed by atoms with Crippen molar-refractivity contribution in [3.8, 4) is 0 Å². The van der Waals surface area contributed by atoms with Crippen molar-refractivity contribution >= 4 is 35.0 Å². The zero-order valence-corrected chi connectivity index (χ0v) is 26.4. The summed E-state index contributed by atoms with van der Waals surface area (Å²) in [5.41, 5.74) is 3.19. The lowest BCUT2D eigenvalue weighted by atomic mass is 9.77. The number of Topliss-reactive ketones (excluding diaryl/α,β-unsaturated/α-hetero) is 1. The van der Waals surface area contributed by atoms with Gasteiger partial charge in [0.1, 0.15) is 5.78 Å². The molecule has 1 fully saturated rings. The van der Waals surface area contributed by atoms with Crippen LogP contribution in [0.25, 0.3) is 6.08 Å². The van der Waals surface area contributed by atoms with E-state index >= 15 is 0 Å². The number of ketones is 1. The third-order valence-corrected chi connectivity index (χ3v) is 8.87. The second-order valence-corrected chi connectivity index (χ2v) is 13.3. The van der Waals surface area contributed by atoms with Gasteiger partial charge < -0.3 is 14.9 Å². The number of carbonyl (C=O) groups excluding carboxylic acids is 3. The lowest BCUT2D eigenvalue weighted by Crippen LogP contribution is -2.52. The molecular weight excluding hydrogens is 530 g/mol. The molecule has 1 aromatic rings. The van der Waals surface area contributed by atoms with Gasteiger partial charge in [-0.15, -0.1) is 11.3 Å². The summed E-state index contributed by atoms with van der Waals surface area (Å²) in [4.78, 5) is 42.1. The molecule has 1 aliphatic rings. The van der Waals surface area contributed by atoms with Crippen molar-refractivity contribution in [1.29, 1.82) is 0 Å². The number of carbonyl (C=O) groups is 3. The molecule has 2 rings (SSSR count). The Morgan fingerprint density at radius 1 is 1.30 bits per heavy atom. The summed E-state index contributed by atoms with van der Waals surface area (Å²) in [5, 5.41) is 24.7. The maximum atomic E-state index is 12.9. The Bertz CT molecular complexity index is 1070. The van der Waals surface area contributed by atoms with E-state index in [1.165, 1.54) is 11.9 Å². The van der Waals surface area contributed by atoms with Crippen LogP contribution in [0.5, 0.6) is 0 Å². The van der Waals surface area contributed by atoms with Crippen LogP contribution >= 0.6 is 11.3 Å². The van der Waals surface area contributed by atoms with E-state index in [0.717, 1.165) is 35.5 Å². The number of hydrogen-bond acceptors (Lipinski definition) is 8. The van der Waals surface area contributed by atoms with Crippen molar-refractivity contribution in [1.82, 2.24) is 15.4 Å². The van der Waals surface area contributed by atoms with Gasteiger partial charge in [0.2, 0.25) is 11.8 Å². The Labute approximate surface area is 243 Å². The highest BCUT2D eigenvalue weighted by molar-refractivity contribution is 7.09. The van der Waals surface area contributed by atoms with Gasteiger partial charge in [-0.25, -0.2) is 9.99 Å². The van der Waals surface area contributed by atoms with Crippen molar-refractivity contribution in [3.63, 3.8) is 0 Å². The van der Waals surface area contributed by atoms with Crippen molar-refractivity contribution in [2.45, 2.75) is 118 Å². The first-order valence-electron chi connectivity index (χ1n) is 14.3. The quantitative estimate of drug-likeness (QED) is 0.207. The minimum atomic E-state index is -0.881. The highest BCUT2D eigenvalue weighted by Crippen LogP contribution is 2.45. The van der Waals surface area contributed by atoms with Crippen molar-refractivity contribution < 1.29 is 29.3 Å². The Hall–Kier alpha value is -2.14. The maximum Gasteiger partial charge on any atom is 0.241 e. The topological polar surface area (TPSA) is 132 Å². The molecule has 10 heteroatoms. The zero-order valence-electron chi connectivity index (χ0n) is 25.6. The van der Waals surface area contributed by atoms with Crippen LogP contribution in [0.2, 0.25) is 0 Å². The summed E-state index contributed by atoms with van der Waals surface area (Å²) in [6.07, 6.45) is 4.12. The van der Waals surface area contributed by atoms with Gasteiger partial charge in [0.25, 0.3) is 0 Å². The molecule has 40 heavy (non-hydrogen) atoms. The summed E-state index contributed by atoms with van der Waals surface area (Å²) in [6, 6.07) is -0.396. The zero-order chi connectivity index (χ0) is 30.4. The first-order valence-corrected chi connectivity index (χ1v) is 15.1. The Balaban J connectivity index is 2.07. The second kappa shape index (κ2) is 14.2. The largest absolute Gasteiger partial charge is 0.395 e. The van der Waals surface area contributed by atoms with Crippen molar-refractivity contribution in [3.05, 3.63) is 21.7 Å². The van der Waals surface area contributed by atoms with Crippen LogP contribution in [-0.2, 0) is 19.1 Å². The predicted octanol–water partition coefficient (Wildman–Crippen LogP) is 4.45. The number of aliphatic hydroxyl groups is 2. The summed E-state index contributed by atoms with van der Waals surface area (Å²) in [7, 11) is 0. The molecule has 2 amide bonds. The minimum Gasteiger partial charge on any atom is -0.395 e. The fourth-order valence-electron chi connectivity index (χ4n) is 5.22. The average Bonchev–Trinajstić information content (AvgIpc) is 3.35. The van der Waals surface area contributed by atoms with E-state index in [1.807, 2.05) is 32.2 Å². The fraction of sp³-hybridized carbons (Fsp3) is 0.733. The van der Waals surface area contributed by atoms with Gasteiger partial charge in [-0.05, 0) is 51.2 Å². The Morgan fingerprint density at radius 3 is 2.48 bits per heavy atom. The molecule has 0 aliphatic carbocycles. The lowest BCUT2D eigenvalue weighted by molar-refractivity contribution is -0.142. The number of nitrogens with zero attached hydrogens (tertiary/aromatic N) is 2. The van der Waals surface area contributed by atoms with Crippen LogP contribution in [0.4, 0.5) is 0 Å². The summed E-state index contributed by atoms with van der Waals surface area (Å²) >= 11 is 1.55. The number of ether oxygens (including phenoxy) is 1. The molecule has 9 nitrogen and oxygen atoms in total. The van der Waals surface area contributed by atoms with Crippen LogP contribution < -0.4 is 5.43 Å². The number of rotatable bonds is 15. The smallest absolute Gasteiger partial charge is 0.241 e. The predicted molar refractivity (Wildman–Crippen MR) is 157 cm³/mol. The molecule has 0 bridgehead atoms. The molecule has 2 heterocycles. The molecule has 1 aliphatic heterocycles. The fourth-order valence-corrected chi connectivity index (χ4v) is 5.79. The number of thiazole rings is 1. The number of hydrogen-bond donors (Lipinski definition) is 3. The highest BCUT2D eigenvalue weighted by Gasteiger charge is 2.53. The summed E-state index contributed by atoms with van der Waals surface area (Å²) < 4.78 is 6.16. The normalized spacial score (nSPS) is 22.3. The van der Waals surface area contributed by atoms with Crippen LogP contribution in [0.15, 0.2) is 11.0 Å². The van der Waals surface area contributed by atoms with E-state index in [9.17, 15) is 24.6 Å². The van der Waals surface area contributed by atoms with Crippen LogP contribution in [-0.4, -0.2) is 68.3 Å². The molecule has 1 saturated heterocycles. The van der Waals surface area contributed by atoms with Crippen LogP contribution in [0.3, 0.4) is 0 Å². The second-order valence-electron chi connectivity index (χ2n) is 12.2. The first kappa shape index (κ1) is 34.1. The van der Waals surface area contributed by atoms with E-state index in [4.69, 9.17) is 4.74 Å². The van der Waals surface area contributed by atoms with Gasteiger partial charge >= 0.3 is 0 Å². The first-order chi connectivity index (χ1) is 18.6.